The van der Waals surface area contributed by atoms with Gasteiger partial charge in [-0.15, -0.1) is 0 Å². The zero-order chi connectivity index (χ0) is 13.7. The summed E-state index contributed by atoms with van der Waals surface area (Å²) in [5.74, 6) is 4.11. The highest BCUT2D eigenvalue weighted by Crippen LogP contribution is 2.57. The Balaban J connectivity index is 1.51. The summed E-state index contributed by atoms with van der Waals surface area (Å²) in [5, 5.41) is 10.8. The van der Waals surface area contributed by atoms with Gasteiger partial charge in [0, 0.05) is 18.3 Å². The molecule has 0 spiro atoms. The Bertz CT molecular complexity index is 470. The van der Waals surface area contributed by atoms with Crippen LogP contribution < -0.4 is 0 Å². The number of aromatic nitrogens is 1. The molecule has 20 heavy (non-hydrogen) atoms. The molecule has 108 valence electrons. The van der Waals surface area contributed by atoms with Crippen molar-refractivity contribution in [2.24, 2.45) is 29.6 Å². The second kappa shape index (κ2) is 4.84. The molecular formula is C18H25NO. The first-order valence-electron chi connectivity index (χ1n) is 8.29. The minimum Gasteiger partial charge on any atom is -0.392 e. The molecule has 4 saturated carbocycles. The van der Waals surface area contributed by atoms with Gasteiger partial charge in [0.2, 0.25) is 0 Å². The van der Waals surface area contributed by atoms with Crippen molar-refractivity contribution >= 4 is 0 Å². The molecule has 0 radical (unpaired) electrons. The summed E-state index contributed by atoms with van der Waals surface area (Å²) in [4.78, 5) is 4.47. The predicted molar refractivity (Wildman–Crippen MR) is 79.2 cm³/mol. The number of rotatable bonds is 3. The maximum Gasteiger partial charge on any atom is 0.0629 e. The molecule has 1 heterocycles. The van der Waals surface area contributed by atoms with Crippen LogP contribution in [0, 0.1) is 36.5 Å². The SMILES string of the molecule is Cc1cccnc1CC(O)C1C2CC3CC(C2)CC1C3. The fourth-order valence-electron chi connectivity index (χ4n) is 5.66. The normalized spacial score (nSPS) is 40.0. The molecule has 4 aliphatic carbocycles. The molecule has 1 atom stereocenters. The van der Waals surface area contributed by atoms with Gasteiger partial charge in [0.15, 0.2) is 0 Å². The molecule has 5 rings (SSSR count). The first kappa shape index (κ1) is 12.8. The van der Waals surface area contributed by atoms with Crippen LogP contribution >= 0.6 is 0 Å². The highest BCUT2D eigenvalue weighted by molar-refractivity contribution is 5.18. The third kappa shape index (κ3) is 2.09. The smallest absolute Gasteiger partial charge is 0.0629 e. The van der Waals surface area contributed by atoms with Gasteiger partial charge in [-0.3, -0.25) is 4.98 Å². The maximum absolute atomic E-state index is 10.8. The number of aliphatic hydroxyl groups is 1. The number of hydrogen-bond donors (Lipinski definition) is 1. The van der Waals surface area contributed by atoms with E-state index in [2.05, 4.69) is 18.0 Å². The van der Waals surface area contributed by atoms with E-state index in [9.17, 15) is 5.11 Å². The molecule has 1 aromatic heterocycles. The average molecular weight is 271 g/mol. The number of aryl methyl sites for hydroxylation is 1. The van der Waals surface area contributed by atoms with Gasteiger partial charge < -0.3 is 5.11 Å². The lowest BCUT2D eigenvalue weighted by Gasteiger charge is -2.55. The van der Waals surface area contributed by atoms with Crippen molar-refractivity contribution in [2.75, 3.05) is 0 Å². The van der Waals surface area contributed by atoms with Crippen molar-refractivity contribution in [3.63, 3.8) is 0 Å². The van der Waals surface area contributed by atoms with E-state index < -0.39 is 0 Å². The Morgan fingerprint density at radius 3 is 2.40 bits per heavy atom. The molecule has 1 unspecified atom stereocenters. The zero-order valence-corrected chi connectivity index (χ0v) is 12.3. The predicted octanol–water partition coefficient (Wildman–Crippen LogP) is 3.37. The van der Waals surface area contributed by atoms with E-state index in [4.69, 9.17) is 0 Å². The summed E-state index contributed by atoms with van der Waals surface area (Å²) >= 11 is 0. The van der Waals surface area contributed by atoms with E-state index in [0.717, 1.165) is 35.8 Å². The summed E-state index contributed by atoms with van der Waals surface area (Å²) in [5.41, 5.74) is 2.31. The summed E-state index contributed by atoms with van der Waals surface area (Å²) in [6, 6.07) is 4.08. The largest absolute Gasteiger partial charge is 0.392 e. The number of aliphatic hydroxyl groups excluding tert-OH is 1. The molecule has 4 aliphatic rings. The summed E-state index contributed by atoms with van der Waals surface area (Å²) in [6.07, 6.45) is 9.44. The number of hydrogen-bond acceptors (Lipinski definition) is 2. The molecule has 4 fully saturated rings. The average Bonchev–Trinajstić information content (AvgIpc) is 2.40. The highest BCUT2D eigenvalue weighted by Gasteiger charge is 2.50. The van der Waals surface area contributed by atoms with Crippen molar-refractivity contribution in [3.05, 3.63) is 29.6 Å². The van der Waals surface area contributed by atoms with Crippen LogP contribution in [0.1, 0.15) is 43.4 Å². The Hall–Kier alpha value is -0.890. The standard InChI is InChI=1S/C18H25NO/c1-11-3-2-4-19-16(11)10-17(20)18-14-6-12-5-13(8-14)9-15(18)7-12/h2-4,12-15,17-18,20H,5-10H2,1H3. The lowest BCUT2D eigenvalue weighted by molar-refractivity contribution is -0.0890. The molecule has 1 aromatic rings. The first-order chi connectivity index (χ1) is 9.70. The highest BCUT2D eigenvalue weighted by atomic mass is 16.3. The van der Waals surface area contributed by atoms with Gasteiger partial charge in [0.05, 0.1) is 6.10 Å². The molecular weight excluding hydrogens is 246 g/mol. The summed E-state index contributed by atoms with van der Waals surface area (Å²) < 4.78 is 0. The van der Waals surface area contributed by atoms with E-state index >= 15 is 0 Å². The van der Waals surface area contributed by atoms with Crippen molar-refractivity contribution in [1.29, 1.82) is 0 Å². The lowest BCUT2D eigenvalue weighted by atomic mass is 9.50. The third-order valence-electron chi connectivity index (χ3n) is 6.26. The van der Waals surface area contributed by atoms with Gasteiger partial charge in [-0.25, -0.2) is 0 Å². The lowest BCUT2D eigenvalue weighted by Crippen LogP contribution is -2.49. The van der Waals surface area contributed by atoms with Crippen molar-refractivity contribution in [3.8, 4) is 0 Å². The summed E-state index contributed by atoms with van der Waals surface area (Å²) in [7, 11) is 0. The van der Waals surface area contributed by atoms with E-state index in [0.29, 0.717) is 5.92 Å². The Morgan fingerprint density at radius 2 is 1.80 bits per heavy atom. The fraction of sp³-hybridized carbons (Fsp3) is 0.722. The molecule has 0 aromatic carbocycles. The van der Waals surface area contributed by atoms with Crippen LogP contribution in [0.4, 0.5) is 0 Å². The monoisotopic (exact) mass is 271 g/mol. The van der Waals surface area contributed by atoms with Gasteiger partial charge in [-0.1, -0.05) is 6.07 Å². The van der Waals surface area contributed by atoms with Crippen molar-refractivity contribution in [2.45, 2.75) is 51.6 Å². The fourth-order valence-corrected chi connectivity index (χ4v) is 5.66. The Morgan fingerprint density at radius 1 is 1.15 bits per heavy atom. The molecule has 4 bridgehead atoms. The van der Waals surface area contributed by atoms with Gasteiger partial charge in [-0.2, -0.15) is 0 Å². The topological polar surface area (TPSA) is 33.1 Å². The Labute approximate surface area is 121 Å². The quantitative estimate of drug-likeness (QED) is 0.914. The van der Waals surface area contributed by atoms with Gasteiger partial charge in [0.25, 0.3) is 0 Å². The minimum atomic E-state index is -0.182. The molecule has 2 nitrogen and oxygen atoms in total. The van der Waals surface area contributed by atoms with Gasteiger partial charge in [-0.05, 0) is 80.2 Å². The van der Waals surface area contributed by atoms with Gasteiger partial charge >= 0.3 is 0 Å². The van der Waals surface area contributed by atoms with Crippen LogP contribution in [0.25, 0.3) is 0 Å². The van der Waals surface area contributed by atoms with E-state index in [1.54, 1.807) is 0 Å². The van der Waals surface area contributed by atoms with Gasteiger partial charge in [0.1, 0.15) is 0 Å². The van der Waals surface area contributed by atoms with Crippen LogP contribution in [-0.2, 0) is 6.42 Å². The molecule has 0 amide bonds. The minimum absolute atomic E-state index is 0.182. The second-order valence-corrected chi connectivity index (χ2v) is 7.55. The molecule has 2 heteroatoms. The van der Waals surface area contributed by atoms with Crippen LogP contribution in [0.2, 0.25) is 0 Å². The second-order valence-electron chi connectivity index (χ2n) is 7.55. The molecule has 1 N–H and O–H groups in total. The van der Waals surface area contributed by atoms with Crippen LogP contribution in [0.15, 0.2) is 18.3 Å². The zero-order valence-electron chi connectivity index (χ0n) is 12.3. The third-order valence-corrected chi connectivity index (χ3v) is 6.26. The van der Waals surface area contributed by atoms with Crippen LogP contribution in [0.3, 0.4) is 0 Å². The van der Waals surface area contributed by atoms with E-state index in [1.165, 1.54) is 37.7 Å². The van der Waals surface area contributed by atoms with Crippen molar-refractivity contribution in [1.82, 2.24) is 4.98 Å². The van der Waals surface area contributed by atoms with E-state index in [-0.39, 0.29) is 6.10 Å². The first-order valence-corrected chi connectivity index (χ1v) is 8.29. The van der Waals surface area contributed by atoms with Crippen LogP contribution in [-0.4, -0.2) is 16.2 Å². The maximum atomic E-state index is 10.8. The molecule has 0 aliphatic heterocycles. The van der Waals surface area contributed by atoms with E-state index in [1.807, 2.05) is 12.3 Å². The molecule has 0 saturated heterocycles. The van der Waals surface area contributed by atoms with Crippen LogP contribution in [0.5, 0.6) is 0 Å². The summed E-state index contributed by atoms with van der Waals surface area (Å²) in [6.45, 7) is 2.10. The number of nitrogens with zero attached hydrogens (tertiary/aromatic N) is 1. The number of pyridine rings is 1. The Kier molecular flexibility index (Phi) is 3.10. The van der Waals surface area contributed by atoms with Crippen molar-refractivity contribution < 1.29 is 5.11 Å².